The molecule has 5 nitrogen and oxygen atoms in total. The number of carboxylic acids is 1. The molecule has 2 aliphatic carbocycles. The van der Waals surface area contributed by atoms with E-state index in [0.717, 1.165) is 11.8 Å². The Hall–Kier alpha value is -1.36. The zero-order chi connectivity index (χ0) is 15.6. The third kappa shape index (κ3) is 5.16. The molecule has 118 valence electrons. The van der Waals surface area contributed by atoms with E-state index in [4.69, 9.17) is 10.8 Å². The highest BCUT2D eigenvalue weighted by molar-refractivity contribution is 5.86. The Labute approximate surface area is 126 Å². The lowest BCUT2D eigenvalue weighted by Gasteiger charge is -2.25. The Morgan fingerprint density at radius 2 is 1.81 bits per heavy atom. The van der Waals surface area contributed by atoms with Crippen LogP contribution < -0.4 is 11.1 Å². The average Bonchev–Trinajstić information content (AvgIpc) is 3.22. The molecule has 0 aromatic carbocycles. The molecule has 1 atom stereocenters. The standard InChI is InChI=1S/C16H26N2O3/c1-16(2,18-15(21)13(17)9-14(19)20)8-7-12(10-3-4-10)11-5-6-11/h7-8,10-13H,3-6,9,17H2,1-2H3,(H,18,21)(H,19,20)/t13-/m0/s1. The topological polar surface area (TPSA) is 92.4 Å². The molecule has 0 radical (unpaired) electrons. The highest BCUT2D eigenvalue weighted by Crippen LogP contribution is 2.49. The molecule has 1 amide bonds. The van der Waals surface area contributed by atoms with Crippen LogP contribution in [0.2, 0.25) is 0 Å². The molecule has 0 spiro atoms. The Morgan fingerprint density at radius 3 is 2.24 bits per heavy atom. The van der Waals surface area contributed by atoms with E-state index in [2.05, 4.69) is 11.4 Å². The molecule has 5 heteroatoms. The van der Waals surface area contributed by atoms with Crippen molar-refractivity contribution >= 4 is 11.9 Å². The van der Waals surface area contributed by atoms with Gasteiger partial charge < -0.3 is 16.2 Å². The van der Waals surface area contributed by atoms with Gasteiger partial charge in [0.25, 0.3) is 0 Å². The molecule has 0 heterocycles. The molecule has 2 saturated carbocycles. The zero-order valence-electron chi connectivity index (χ0n) is 12.8. The first-order valence-corrected chi connectivity index (χ1v) is 7.77. The Kier molecular flexibility index (Phi) is 4.71. The fourth-order valence-electron chi connectivity index (χ4n) is 2.75. The number of hydrogen-bond acceptors (Lipinski definition) is 3. The predicted octanol–water partition coefficient (Wildman–Crippen LogP) is 1.68. The summed E-state index contributed by atoms with van der Waals surface area (Å²) in [4.78, 5) is 22.5. The second-order valence-corrected chi connectivity index (χ2v) is 7.03. The van der Waals surface area contributed by atoms with E-state index in [-0.39, 0.29) is 6.42 Å². The van der Waals surface area contributed by atoms with Crippen molar-refractivity contribution in [2.45, 2.75) is 57.5 Å². The van der Waals surface area contributed by atoms with Crippen molar-refractivity contribution in [3.63, 3.8) is 0 Å². The molecular weight excluding hydrogens is 268 g/mol. The van der Waals surface area contributed by atoms with Crippen molar-refractivity contribution in [1.82, 2.24) is 5.32 Å². The number of nitrogens with one attached hydrogen (secondary N) is 1. The van der Waals surface area contributed by atoms with E-state index in [1.807, 2.05) is 19.9 Å². The van der Waals surface area contributed by atoms with E-state index in [1.54, 1.807) is 0 Å². The normalized spacial score (nSPS) is 20.8. The van der Waals surface area contributed by atoms with Crippen LogP contribution in [0, 0.1) is 17.8 Å². The van der Waals surface area contributed by atoms with Crippen LogP contribution in [0.5, 0.6) is 0 Å². The fraction of sp³-hybridized carbons (Fsp3) is 0.750. The number of carbonyl (C=O) groups is 2. The Balaban J connectivity index is 1.87. The summed E-state index contributed by atoms with van der Waals surface area (Å²) < 4.78 is 0. The van der Waals surface area contributed by atoms with Gasteiger partial charge in [-0.05, 0) is 57.3 Å². The quantitative estimate of drug-likeness (QED) is 0.594. The van der Waals surface area contributed by atoms with E-state index in [1.165, 1.54) is 25.7 Å². The van der Waals surface area contributed by atoms with Gasteiger partial charge in [0.15, 0.2) is 0 Å². The van der Waals surface area contributed by atoms with Crippen LogP contribution in [-0.4, -0.2) is 28.6 Å². The third-order valence-electron chi connectivity index (χ3n) is 4.24. The largest absolute Gasteiger partial charge is 0.481 e. The van der Waals surface area contributed by atoms with Crippen LogP contribution in [0.15, 0.2) is 12.2 Å². The van der Waals surface area contributed by atoms with Crippen LogP contribution in [0.3, 0.4) is 0 Å². The smallest absolute Gasteiger partial charge is 0.305 e. The van der Waals surface area contributed by atoms with Crippen LogP contribution in [0.4, 0.5) is 0 Å². The van der Waals surface area contributed by atoms with Gasteiger partial charge in [0.1, 0.15) is 0 Å². The first-order valence-electron chi connectivity index (χ1n) is 7.77. The molecule has 21 heavy (non-hydrogen) atoms. The third-order valence-corrected chi connectivity index (χ3v) is 4.24. The van der Waals surface area contributed by atoms with Gasteiger partial charge in [-0.3, -0.25) is 9.59 Å². The fourth-order valence-corrected chi connectivity index (χ4v) is 2.75. The van der Waals surface area contributed by atoms with Crippen molar-refractivity contribution in [1.29, 1.82) is 0 Å². The van der Waals surface area contributed by atoms with Gasteiger partial charge >= 0.3 is 5.97 Å². The highest BCUT2D eigenvalue weighted by Gasteiger charge is 2.40. The number of allylic oxidation sites excluding steroid dienone is 1. The molecule has 2 fully saturated rings. The summed E-state index contributed by atoms with van der Waals surface area (Å²) in [5.74, 6) is 0.827. The number of carboxylic acid groups (broad SMARTS) is 1. The van der Waals surface area contributed by atoms with Crippen molar-refractivity contribution < 1.29 is 14.7 Å². The molecule has 0 unspecified atom stereocenters. The second kappa shape index (κ2) is 6.18. The van der Waals surface area contributed by atoms with Gasteiger partial charge in [-0.25, -0.2) is 0 Å². The van der Waals surface area contributed by atoms with E-state index >= 15 is 0 Å². The van der Waals surface area contributed by atoms with Crippen molar-refractivity contribution in [3.8, 4) is 0 Å². The summed E-state index contributed by atoms with van der Waals surface area (Å²) in [6.07, 6.45) is 9.23. The van der Waals surface area contributed by atoms with Crippen LogP contribution in [-0.2, 0) is 9.59 Å². The van der Waals surface area contributed by atoms with Crippen molar-refractivity contribution in [2.75, 3.05) is 0 Å². The lowest BCUT2D eigenvalue weighted by Crippen LogP contribution is -2.50. The lowest BCUT2D eigenvalue weighted by atomic mass is 9.93. The first kappa shape index (κ1) is 16.0. The number of hydrogen-bond donors (Lipinski definition) is 3. The lowest BCUT2D eigenvalue weighted by molar-refractivity contribution is -0.139. The molecule has 0 bridgehead atoms. The molecule has 4 N–H and O–H groups in total. The predicted molar refractivity (Wildman–Crippen MR) is 80.5 cm³/mol. The number of carbonyl (C=O) groups excluding carboxylic acids is 1. The minimum atomic E-state index is -1.06. The Morgan fingerprint density at radius 1 is 1.29 bits per heavy atom. The highest BCUT2D eigenvalue weighted by atomic mass is 16.4. The molecule has 0 aromatic heterocycles. The molecule has 0 aliphatic heterocycles. The molecule has 0 aromatic rings. The molecule has 2 rings (SSSR count). The first-order chi connectivity index (χ1) is 9.78. The van der Waals surface area contributed by atoms with Gasteiger partial charge in [-0.2, -0.15) is 0 Å². The maximum absolute atomic E-state index is 11.9. The molecule has 2 aliphatic rings. The van der Waals surface area contributed by atoms with Crippen molar-refractivity contribution in [2.24, 2.45) is 23.5 Å². The van der Waals surface area contributed by atoms with Crippen LogP contribution in [0.1, 0.15) is 46.0 Å². The number of nitrogens with two attached hydrogens (primary N) is 1. The summed E-state index contributed by atoms with van der Waals surface area (Å²) in [5.41, 5.74) is 5.08. The van der Waals surface area contributed by atoms with Gasteiger partial charge in [-0.1, -0.05) is 12.2 Å². The second-order valence-electron chi connectivity index (χ2n) is 7.03. The summed E-state index contributed by atoms with van der Waals surface area (Å²) >= 11 is 0. The summed E-state index contributed by atoms with van der Waals surface area (Å²) in [6, 6.07) is -1.00. The van der Waals surface area contributed by atoms with E-state index in [0.29, 0.717) is 5.92 Å². The minimum absolute atomic E-state index is 0.349. The maximum Gasteiger partial charge on any atom is 0.305 e. The summed E-state index contributed by atoms with van der Waals surface area (Å²) in [6.45, 7) is 3.82. The van der Waals surface area contributed by atoms with Gasteiger partial charge in [0.2, 0.25) is 5.91 Å². The van der Waals surface area contributed by atoms with Crippen LogP contribution in [0.25, 0.3) is 0 Å². The van der Waals surface area contributed by atoms with E-state index in [9.17, 15) is 9.59 Å². The van der Waals surface area contributed by atoms with Gasteiger partial charge in [-0.15, -0.1) is 0 Å². The monoisotopic (exact) mass is 294 g/mol. The summed E-state index contributed by atoms with van der Waals surface area (Å²) in [5, 5.41) is 11.5. The van der Waals surface area contributed by atoms with Crippen LogP contribution >= 0.6 is 0 Å². The number of aliphatic carboxylic acids is 1. The number of amides is 1. The Bertz CT molecular complexity index is 425. The van der Waals surface area contributed by atoms with E-state index < -0.39 is 23.5 Å². The number of rotatable bonds is 8. The molecule has 0 saturated heterocycles. The summed E-state index contributed by atoms with van der Waals surface area (Å²) in [7, 11) is 0. The van der Waals surface area contributed by atoms with Gasteiger partial charge in [0, 0.05) is 0 Å². The SMILES string of the molecule is CC(C)(C=CC(C1CC1)C1CC1)NC(=O)[C@@H](N)CC(=O)O. The van der Waals surface area contributed by atoms with Gasteiger partial charge in [0.05, 0.1) is 18.0 Å². The maximum atomic E-state index is 11.9. The zero-order valence-corrected chi connectivity index (χ0v) is 12.8. The van der Waals surface area contributed by atoms with Crippen molar-refractivity contribution in [3.05, 3.63) is 12.2 Å². The minimum Gasteiger partial charge on any atom is -0.481 e. The molecular formula is C16H26N2O3. The average molecular weight is 294 g/mol.